The number of ether oxygens (including phenoxy) is 1. The maximum atomic E-state index is 11.4. The number of carbonyl (C=O) groups excluding carboxylic acids is 1. The van der Waals surface area contributed by atoms with E-state index in [0.717, 1.165) is 0 Å². The molecule has 0 bridgehead atoms. The van der Waals surface area contributed by atoms with Gasteiger partial charge >= 0.3 is 0 Å². The highest BCUT2D eigenvalue weighted by Crippen LogP contribution is 2.27. The molecule has 0 amide bonds. The average Bonchev–Trinajstić information content (AvgIpc) is 2.02. The maximum Gasteiger partial charge on any atom is 0.285 e. The lowest BCUT2D eigenvalue weighted by Crippen LogP contribution is -2.46. The Kier molecular flexibility index (Phi) is 10.8. The molecule has 9 N–H and O–H groups in total. The summed E-state index contributed by atoms with van der Waals surface area (Å²) in [5.41, 5.74) is 0. The summed E-state index contributed by atoms with van der Waals surface area (Å²) in [7, 11) is 0. The van der Waals surface area contributed by atoms with E-state index in [1.165, 1.54) is 0 Å². The van der Waals surface area contributed by atoms with Gasteiger partial charge in [-0.1, -0.05) is 6.92 Å². The number of hydrogen-bond acceptors (Lipinski definition) is 5. The maximum absolute atomic E-state index is 11.4. The van der Waals surface area contributed by atoms with E-state index in [0.29, 0.717) is 6.42 Å². The van der Waals surface area contributed by atoms with Gasteiger partial charge in [0.25, 0.3) is 5.97 Å². The topological polar surface area (TPSA) is 181 Å². The number of carbonyl (C=O) groups is 1. The van der Waals surface area contributed by atoms with Gasteiger partial charge in [-0.15, -0.1) is 0 Å². The van der Waals surface area contributed by atoms with Crippen LogP contribution in [0.5, 0.6) is 0 Å². The van der Waals surface area contributed by atoms with Gasteiger partial charge in [0.2, 0.25) is 0 Å². The van der Waals surface area contributed by atoms with E-state index in [1.807, 2.05) is 6.92 Å². The zero-order chi connectivity index (χ0) is 10.8. The van der Waals surface area contributed by atoms with Crippen LogP contribution in [0.25, 0.3) is 0 Å². The lowest BCUT2D eigenvalue weighted by Gasteiger charge is -2.33. The molecule has 0 aliphatic carbocycles. The van der Waals surface area contributed by atoms with Crippen molar-refractivity contribution in [1.29, 1.82) is 0 Å². The number of hydrogen-bond donors (Lipinski definition) is 3. The molecule has 1 aliphatic rings. The fourth-order valence-corrected chi connectivity index (χ4v) is 1.61. The summed E-state index contributed by atoms with van der Waals surface area (Å²) in [5.74, 6) is -2.85. The van der Waals surface area contributed by atoms with E-state index in [4.69, 9.17) is 20.1 Å². The lowest BCUT2D eigenvalue weighted by molar-refractivity contribution is -0.348. The van der Waals surface area contributed by atoms with Crippen molar-refractivity contribution in [3.8, 4) is 0 Å². The molecule has 0 aromatic carbocycles. The number of rotatable bonds is 3. The fraction of sp³-hybridized carbons (Fsp3) is 0.889. The van der Waals surface area contributed by atoms with Crippen molar-refractivity contribution in [3.05, 3.63) is 0 Å². The largest absolute Gasteiger partial charge is 0.412 e. The van der Waals surface area contributed by atoms with Gasteiger partial charge in [0.15, 0.2) is 0 Å². The third kappa shape index (κ3) is 6.03. The zero-order valence-corrected chi connectivity index (χ0v) is 9.64. The van der Waals surface area contributed by atoms with E-state index < -0.39 is 12.4 Å². The van der Waals surface area contributed by atoms with Crippen LogP contribution in [0.3, 0.4) is 0 Å². The van der Waals surface area contributed by atoms with Crippen LogP contribution in [-0.2, 0) is 9.53 Å². The van der Waals surface area contributed by atoms with Crippen molar-refractivity contribution < 1.29 is 41.3 Å². The first kappa shape index (κ1) is 21.7. The van der Waals surface area contributed by atoms with E-state index in [1.54, 1.807) is 0 Å². The Hall–Kier alpha value is -0.610. The van der Waals surface area contributed by atoms with E-state index in [-0.39, 0.29) is 47.3 Å². The van der Waals surface area contributed by atoms with E-state index in [2.05, 4.69) is 0 Å². The fourth-order valence-electron chi connectivity index (χ4n) is 1.61. The molecule has 1 heterocycles. The molecule has 0 aromatic rings. The summed E-state index contributed by atoms with van der Waals surface area (Å²) < 4.78 is 4.72. The molecule has 0 aromatic heterocycles. The second-order valence-corrected chi connectivity index (χ2v) is 3.79. The van der Waals surface area contributed by atoms with E-state index in [9.17, 15) is 4.79 Å². The predicted octanol–water partition coefficient (Wildman–Crippen LogP) is -3.23. The summed E-state index contributed by atoms with van der Waals surface area (Å²) in [5, 5.41) is 26.8. The highest BCUT2D eigenvalue weighted by atomic mass is 16.8. The van der Waals surface area contributed by atoms with Crippen LogP contribution in [0.1, 0.15) is 19.8 Å². The first-order chi connectivity index (χ1) is 6.46. The smallest absolute Gasteiger partial charge is 0.285 e. The van der Waals surface area contributed by atoms with Crippen molar-refractivity contribution >= 4 is 5.78 Å². The van der Waals surface area contributed by atoms with Gasteiger partial charge in [-0.05, 0) is 12.3 Å². The van der Waals surface area contributed by atoms with Gasteiger partial charge in [0.05, 0.1) is 13.0 Å². The molecule has 0 spiro atoms. The van der Waals surface area contributed by atoms with Gasteiger partial charge in [-0.3, -0.25) is 4.79 Å². The van der Waals surface area contributed by atoms with Crippen molar-refractivity contribution in [2.45, 2.75) is 25.7 Å². The normalized spacial score (nSPS) is 23.8. The van der Waals surface area contributed by atoms with Crippen LogP contribution >= 0.6 is 0 Å². The van der Waals surface area contributed by atoms with Crippen LogP contribution in [0, 0.1) is 11.8 Å². The quantitative estimate of drug-likeness (QED) is 0.449. The first-order valence-corrected chi connectivity index (χ1v) is 4.68. The minimum Gasteiger partial charge on any atom is -0.412 e. The minimum atomic E-state index is -2.30. The summed E-state index contributed by atoms with van der Waals surface area (Å²) >= 11 is 0. The Morgan fingerprint density at radius 2 is 1.94 bits per heavy atom. The first-order valence-electron chi connectivity index (χ1n) is 4.68. The Morgan fingerprint density at radius 3 is 2.35 bits per heavy atom. The molecule has 1 aliphatic heterocycles. The molecular weight excluding hydrogens is 236 g/mol. The number of aliphatic hydroxyl groups excluding tert-OH is 1. The predicted molar refractivity (Wildman–Crippen MR) is 57.9 cm³/mol. The Bertz CT molecular complexity index is 217. The molecule has 0 saturated carbocycles. The van der Waals surface area contributed by atoms with Gasteiger partial charge in [-0.25, -0.2) is 0 Å². The zero-order valence-electron chi connectivity index (χ0n) is 9.64. The summed E-state index contributed by atoms with van der Waals surface area (Å²) in [6.45, 7) is 1.87. The summed E-state index contributed by atoms with van der Waals surface area (Å²) in [4.78, 5) is 11.4. The van der Waals surface area contributed by atoms with Crippen molar-refractivity contribution in [2.24, 2.45) is 11.8 Å². The SMILES string of the molecule is CC(CCO)C1COC(O)(O)CC1=O.O.O.O. The van der Waals surface area contributed by atoms with Crippen LogP contribution in [-0.4, -0.2) is 56.7 Å². The molecule has 8 heteroatoms. The molecule has 2 unspecified atom stereocenters. The summed E-state index contributed by atoms with van der Waals surface area (Å²) in [6.07, 6.45) is 0.122. The Balaban J connectivity index is -0.000000653. The molecule has 1 rings (SSSR count). The second-order valence-electron chi connectivity index (χ2n) is 3.79. The Labute approximate surface area is 98.8 Å². The molecule has 2 atom stereocenters. The molecule has 8 nitrogen and oxygen atoms in total. The number of ketones is 1. The average molecular weight is 258 g/mol. The third-order valence-electron chi connectivity index (χ3n) is 2.58. The van der Waals surface area contributed by atoms with Crippen LogP contribution in [0.4, 0.5) is 0 Å². The monoisotopic (exact) mass is 258 g/mol. The van der Waals surface area contributed by atoms with Crippen molar-refractivity contribution in [1.82, 2.24) is 0 Å². The molecule has 106 valence electrons. The minimum absolute atomic E-state index is 0. The van der Waals surface area contributed by atoms with E-state index >= 15 is 0 Å². The van der Waals surface area contributed by atoms with Crippen LogP contribution < -0.4 is 0 Å². The molecule has 1 fully saturated rings. The van der Waals surface area contributed by atoms with Gasteiger partial charge < -0.3 is 36.5 Å². The standard InChI is InChI=1S/C9H16O5.3H2O/c1-6(2-3-10)7-5-14-9(12,13)4-8(7)11;;;/h6-7,10,12-13H,2-5H2,1H3;3*1H2. The van der Waals surface area contributed by atoms with Crippen LogP contribution in [0.15, 0.2) is 0 Å². The molecular formula is C9H22O8. The van der Waals surface area contributed by atoms with Gasteiger partial charge in [0, 0.05) is 12.5 Å². The highest BCUT2D eigenvalue weighted by molar-refractivity contribution is 5.82. The summed E-state index contributed by atoms with van der Waals surface area (Å²) in [6, 6.07) is 0. The second kappa shape index (κ2) is 8.48. The van der Waals surface area contributed by atoms with Crippen LogP contribution in [0.2, 0.25) is 0 Å². The Morgan fingerprint density at radius 1 is 1.41 bits per heavy atom. The van der Waals surface area contributed by atoms with Crippen molar-refractivity contribution in [2.75, 3.05) is 13.2 Å². The molecule has 1 saturated heterocycles. The molecule has 0 radical (unpaired) electrons. The number of aliphatic hydroxyl groups is 3. The van der Waals surface area contributed by atoms with Crippen molar-refractivity contribution in [3.63, 3.8) is 0 Å². The van der Waals surface area contributed by atoms with Gasteiger partial charge in [0.1, 0.15) is 5.78 Å². The lowest BCUT2D eigenvalue weighted by atomic mass is 9.85. The number of Topliss-reactive ketones (excluding diaryl/α,β-unsaturated/α-hetero) is 1. The van der Waals surface area contributed by atoms with Gasteiger partial charge in [-0.2, -0.15) is 0 Å². The molecule has 17 heavy (non-hydrogen) atoms. The highest BCUT2D eigenvalue weighted by Gasteiger charge is 2.40. The third-order valence-corrected chi connectivity index (χ3v) is 2.58.